The van der Waals surface area contributed by atoms with Crippen molar-refractivity contribution in [3.63, 3.8) is 0 Å². The van der Waals surface area contributed by atoms with Crippen LogP contribution in [-0.4, -0.2) is 99.8 Å². The largest absolute Gasteiger partial charge is 0.497 e. The average molecular weight is 479 g/mol. The average Bonchev–Trinajstić information content (AvgIpc) is 2.88. The highest BCUT2D eigenvalue weighted by molar-refractivity contribution is 5.78. The molecule has 2 aromatic carbocycles. The third-order valence-electron chi connectivity index (χ3n) is 7.94. The molecule has 0 radical (unpaired) electrons. The van der Waals surface area contributed by atoms with Crippen LogP contribution in [0.4, 0.5) is 5.69 Å². The van der Waals surface area contributed by atoms with Gasteiger partial charge in [-0.2, -0.15) is 0 Å². The molecule has 188 valence electrons. The SMILES string of the molecule is COc1ccc(OC)c(-c2ccc(N3CCN(CC(=O)N4CCN(C5CCC5)CC4)CC3)cc2)c1. The van der Waals surface area contributed by atoms with Crippen LogP contribution in [0.25, 0.3) is 11.1 Å². The standard InChI is InChI=1S/C28H38N4O3/c1-34-25-10-11-27(35-2)26(20-25)22-6-8-24(9-7-22)30-14-12-29(13-15-30)21-28(33)32-18-16-31(17-19-32)23-4-3-5-23/h6-11,20,23H,3-5,12-19,21H2,1-2H3. The zero-order valence-electron chi connectivity index (χ0n) is 21.1. The molecule has 0 spiro atoms. The van der Waals surface area contributed by atoms with E-state index in [2.05, 4.69) is 43.9 Å². The number of hydrogen-bond acceptors (Lipinski definition) is 6. The smallest absolute Gasteiger partial charge is 0.236 e. The fraction of sp³-hybridized carbons (Fsp3) is 0.536. The fourth-order valence-corrected chi connectivity index (χ4v) is 5.44. The lowest BCUT2D eigenvalue weighted by Gasteiger charge is -2.43. The Balaban J connectivity index is 1.11. The highest BCUT2D eigenvalue weighted by Crippen LogP contribution is 2.34. The van der Waals surface area contributed by atoms with Crippen LogP contribution < -0.4 is 14.4 Å². The molecule has 35 heavy (non-hydrogen) atoms. The first-order valence-corrected chi connectivity index (χ1v) is 13.0. The summed E-state index contributed by atoms with van der Waals surface area (Å²) in [5.41, 5.74) is 3.34. The van der Waals surface area contributed by atoms with E-state index >= 15 is 0 Å². The Morgan fingerprint density at radius 2 is 1.57 bits per heavy atom. The maximum absolute atomic E-state index is 12.9. The Morgan fingerprint density at radius 1 is 0.857 bits per heavy atom. The van der Waals surface area contributed by atoms with Crippen LogP contribution in [0.5, 0.6) is 11.5 Å². The van der Waals surface area contributed by atoms with Crippen molar-refractivity contribution in [2.45, 2.75) is 25.3 Å². The van der Waals surface area contributed by atoms with E-state index in [0.29, 0.717) is 12.5 Å². The second-order valence-corrected chi connectivity index (χ2v) is 9.88. The molecule has 5 rings (SSSR count). The van der Waals surface area contributed by atoms with Gasteiger partial charge >= 0.3 is 0 Å². The van der Waals surface area contributed by atoms with E-state index < -0.39 is 0 Å². The molecule has 1 saturated carbocycles. The zero-order valence-corrected chi connectivity index (χ0v) is 21.1. The summed E-state index contributed by atoms with van der Waals surface area (Å²) >= 11 is 0. The molecule has 0 aromatic heterocycles. The van der Waals surface area contributed by atoms with Crippen LogP contribution >= 0.6 is 0 Å². The molecular formula is C28H38N4O3. The van der Waals surface area contributed by atoms with Crippen molar-refractivity contribution < 1.29 is 14.3 Å². The summed E-state index contributed by atoms with van der Waals surface area (Å²) in [6.45, 7) is 8.11. The van der Waals surface area contributed by atoms with Gasteiger partial charge in [0.05, 0.1) is 20.8 Å². The summed E-state index contributed by atoms with van der Waals surface area (Å²) in [6.07, 6.45) is 4.06. The van der Waals surface area contributed by atoms with Gasteiger partial charge in [-0.3, -0.25) is 14.6 Å². The van der Waals surface area contributed by atoms with E-state index in [4.69, 9.17) is 9.47 Å². The molecule has 7 nitrogen and oxygen atoms in total. The van der Waals surface area contributed by atoms with Crippen LogP contribution in [0.1, 0.15) is 19.3 Å². The van der Waals surface area contributed by atoms with Crippen LogP contribution in [0.3, 0.4) is 0 Å². The van der Waals surface area contributed by atoms with Gasteiger partial charge in [-0.15, -0.1) is 0 Å². The third kappa shape index (κ3) is 5.41. The van der Waals surface area contributed by atoms with E-state index in [1.807, 2.05) is 18.2 Å². The Hall–Kier alpha value is -2.77. The minimum atomic E-state index is 0.295. The van der Waals surface area contributed by atoms with Gasteiger partial charge in [-0.05, 0) is 48.7 Å². The van der Waals surface area contributed by atoms with E-state index in [1.54, 1.807) is 14.2 Å². The zero-order chi connectivity index (χ0) is 24.2. The predicted molar refractivity (Wildman–Crippen MR) is 139 cm³/mol. The summed E-state index contributed by atoms with van der Waals surface area (Å²) in [5.74, 6) is 1.94. The molecule has 2 heterocycles. The van der Waals surface area contributed by atoms with Gasteiger partial charge in [-0.1, -0.05) is 18.6 Å². The normalized spacial score (nSPS) is 19.9. The second-order valence-electron chi connectivity index (χ2n) is 9.88. The Kier molecular flexibility index (Phi) is 7.44. The maximum atomic E-state index is 12.9. The van der Waals surface area contributed by atoms with E-state index in [0.717, 1.165) is 81.0 Å². The number of carbonyl (C=O) groups excluding carboxylic acids is 1. The summed E-state index contributed by atoms with van der Waals surface area (Å²) in [6, 6.07) is 15.3. The number of amides is 1. The summed E-state index contributed by atoms with van der Waals surface area (Å²) in [4.78, 5) is 22.3. The van der Waals surface area contributed by atoms with Crippen molar-refractivity contribution in [3.8, 4) is 22.6 Å². The van der Waals surface area contributed by atoms with Crippen molar-refractivity contribution in [2.24, 2.45) is 0 Å². The van der Waals surface area contributed by atoms with Gasteiger partial charge in [0.25, 0.3) is 0 Å². The second kappa shape index (κ2) is 10.9. The van der Waals surface area contributed by atoms with Gasteiger partial charge in [0.1, 0.15) is 11.5 Å². The number of nitrogens with zero attached hydrogens (tertiary/aromatic N) is 4. The van der Waals surface area contributed by atoms with E-state index in [1.165, 1.54) is 24.9 Å². The number of rotatable bonds is 7. The third-order valence-corrected chi connectivity index (χ3v) is 7.94. The first-order valence-electron chi connectivity index (χ1n) is 13.0. The van der Waals surface area contributed by atoms with Crippen LogP contribution in [0.15, 0.2) is 42.5 Å². The monoisotopic (exact) mass is 478 g/mol. The number of piperazine rings is 2. The van der Waals surface area contributed by atoms with Crippen molar-refractivity contribution in [2.75, 3.05) is 78.0 Å². The molecule has 0 N–H and O–H groups in total. The van der Waals surface area contributed by atoms with Crippen molar-refractivity contribution in [1.29, 1.82) is 0 Å². The number of anilines is 1. The lowest BCUT2D eigenvalue weighted by Crippen LogP contribution is -2.56. The topological polar surface area (TPSA) is 48.5 Å². The van der Waals surface area contributed by atoms with Crippen LogP contribution in [-0.2, 0) is 4.79 Å². The highest BCUT2D eigenvalue weighted by Gasteiger charge is 2.30. The Morgan fingerprint density at radius 3 is 2.17 bits per heavy atom. The minimum absolute atomic E-state index is 0.295. The van der Waals surface area contributed by atoms with Crippen molar-refractivity contribution >= 4 is 11.6 Å². The molecule has 2 aromatic rings. The summed E-state index contributed by atoms with van der Waals surface area (Å²) < 4.78 is 10.9. The quantitative estimate of drug-likeness (QED) is 0.609. The molecule has 1 amide bonds. The molecule has 0 unspecified atom stereocenters. The molecule has 2 saturated heterocycles. The number of methoxy groups -OCH3 is 2. The van der Waals surface area contributed by atoms with E-state index in [9.17, 15) is 4.79 Å². The van der Waals surface area contributed by atoms with Gasteiger partial charge < -0.3 is 19.3 Å². The molecule has 3 aliphatic rings. The van der Waals surface area contributed by atoms with Crippen LogP contribution in [0, 0.1) is 0 Å². The fourth-order valence-electron chi connectivity index (χ4n) is 5.44. The number of carbonyl (C=O) groups is 1. The van der Waals surface area contributed by atoms with Gasteiger partial charge in [-0.25, -0.2) is 0 Å². The van der Waals surface area contributed by atoms with Crippen molar-refractivity contribution in [1.82, 2.24) is 14.7 Å². The summed E-state index contributed by atoms with van der Waals surface area (Å²) in [7, 11) is 3.37. The van der Waals surface area contributed by atoms with Crippen molar-refractivity contribution in [3.05, 3.63) is 42.5 Å². The van der Waals surface area contributed by atoms with Gasteiger partial charge in [0, 0.05) is 69.7 Å². The number of ether oxygens (including phenoxy) is 2. The lowest BCUT2D eigenvalue weighted by molar-refractivity contribution is -0.134. The maximum Gasteiger partial charge on any atom is 0.236 e. The Labute approximate surface area is 209 Å². The Bertz CT molecular complexity index is 992. The minimum Gasteiger partial charge on any atom is -0.497 e. The molecule has 1 aliphatic carbocycles. The van der Waals surface area contributed by atoms with Gasteiger partial charge in [0.2, 0.25) is 5.91 Å². The number of hydrogen-bond donors (Lipinski definition) is 0. The molecule has 0 atom stereocenters. The number of benzene rings is 2. The molecule has 0 bridgehead atoms. The molecule has 7 heteroatoms. The van der Waals surface area contributed by atoms with E-state index in [-0.39, 0.29) is 0 Å². The molecule has 2 aliphatic heterocycles. The molecule has 3 fully saturated rings. The van der Waals surface area contributed by atoms with Gasteiger partial charge in [0.15, 0.2) is 0 Å². The van der Waals surface area contributed by atoms with Crippen LogP contribution in [0.2, 0.25) is 0 Å². The molecular weight excluding hydrogens is 440 g/mol. The first kappa shape index (κ1) is 23.9. The highest BCUT2D eigenvalue weighted by atomic mass is 16.5. The predicted octanol–water partition coefficient (Wildman–Crippen LogP) is 3.19. The summed E-state index contributed by atoms with van der Waals surface area (Å²) in [5, 5.41) is 0. The first-order chi connectivity index (χ1) is 17.1. The lowest BCUT2D eigenvalue weighted by atomic mass is 9.91.